The van der Waals surface area contributed by atoms with Gasteiger partial charge in [0.1, 0.15) is 11.4 Å². The Balaban J connectivity index is 2.01. The Hall–Kier alpha value is -2.51. The van der Waals surface area contributed by atoms with E-state index in [2.05, 4.69) is 36.6 Å². The predicted octanol–water partition coefficient (Wildman–Crippen LogP) is 2.19. The summed E-state index contributed by atoms with van der Waals surface area (Å²) in [5.41, 5.74) is 1.50. The zero-order chi connectivity index (χ0) is 18.9. The van der Waals surface area contributed by atoms with E-state index in [-0.39, 0.29) is 28.7 Å². The third kappa shape index (κ3) is 4.00. The molecule has 0 spiro atoms. The van der Waals surface area contributed by atoms with Gasteiger partial charge in [0.05, 0.1) is 51.2 Å². The summed E-state index contributed by atoms with van der Waals surface area (Å²) in [7, 11) is 6.32. The van der Waals surface area contributed by atoms with Gasteiger partial charge in [-0.3, -0.25) is 9.59 Å². The van der Waals surface area contributed by atoms with Gasteiger partial charge in [0, 0.05) is 6.20 Å². The molecule has 0 aliphatic heterocycles. The molecule has 2 heterocycles. The summed E-state index contributed by atoms with van der Waals surface area (Å²) in [6.45, 7) is 1.59. The Bertz CT molecular complexity index is 937. The fourth-order valence-electron chi connectivity index (χ4n) is 2.54. The highest BCUT2D eigenvalue weighted by atomic mass is 35.5. The normalized spacial score (nSPS) is 17.1. The van der Waals surface area contributed by atoms with Gasteiger partial charge < -0.3 is 9.80 Å². The monoisotopic (exact) mass is 374 g/mol. The lowest BCUT2D eigenvalue weighted by molar-refractivity contribution is -0.868. The number of carbonyl (C=O) groups excluding carboxylic acids is 2. The van der Waals surface area contributed by atoms with E-state index < -0.39 is 0 Å². The molecule has 136 valence electrons. The van der Waals surface area contributed by atoms with Crippen LogP contribution in [-0.2, 0) is 9.59 Å². The molecule has 1 N–H and O–H groups in total. The van der Waals surface area contributed by atoms with Crippen LogP contribution in [0.15, 0.2) is 40.5 Å². The number of fused-ring (bicyclic) bond motifs is 1. The van der Waals surface area contributed by atoms with E-state index in [9.17, 15) is 9.59 Å². The Kier molecular flexibility index (Phi) is 4.93. The van der Waals surface area contributed by atoms with Crippen LogP contribution in [0, 0.1) is 0 Å². The summed E-state index contributed by atoms with van der Waals surface area (Å²) < 4.78 is 2.51. The molecule has 0 fully saturated rings. The molecule has 8 heteroatoms. The Labute approximate surface area is 156 Å². The van der Waals surface area contributed by atoms with Crippen molar-refractivity contribution >= 4 is 45.9 Å². The first-order chi connectivity index (χ1) is 12.2. The molecule has 2 aromatic rings. The minimum Gasteiger partial charge on any atom is -0.361 e. The number of hydrogen-bond acceptors (Lipinski definition) is 5. The first kappa shape index (κ1) is 18.3. The smallest absolute Gasteiger partial charge is 0.189 e. The van der Waals surface area contributed by atoms with Gasteiger partial charge >= 0.3 is 0 Å². The number of hydrogen-bond donors (Lipinski definition) is 1. The number of rotatable bonds is 5. The van der Waals surface area contributed by atoms with E-state index in [1.165, 1.54) is 6.08 Å². The van der Waals surface area contributed by atoms with E-state index in [1.54, 1.807) is 4.52 Å². The number of aliphatic imine (C=N–C) groups is 1. The molecule has 0 amide bonds. The molecule has 0 saturated heterocycles. The standard InChI is InChI=1S/C18H21ClN5O2/c1-24(2,3)9-7-20-18-17(14-6-4-5-8-23(14)22-18)21-13-10-12(19)15(25)11-16(13)26/h4-6,8,10H,7,9,11H2,1-3H3,(H,20,22)/q+1. The third-order valence-electron chi connectivity index (χ3n) is 3.96. The second kappa shape index (κ2) is 7.01. The molecule has 0 saturated carbocycles. The number of nitrogens with zero attached hydrogens (tertiary/aromatic N) is 4. The highest BCUT2D eigenvalue weighted by Gasteiger charge is 2.24. The topological polar surface area (TPSA) is 75.8 Å². The zero-order valence-electron chi connectivity index (χ0n) is 15.0. The maximum atomic E-state index is 12.2. The first-order valence-electron chi connectivity index (χ1n) is 8.28. The van der Waals surface area contributed by atoms with Crippen LogP contribution >= 0.6 is 11.6 Å². The lowest BCUT2D eigenvalue weighted by Crippen LogP contribution is -2.38. The largest absolute Gasteiger partial charge is 0.361 e. The number of nitrogens with one attached hydrogen (secondary N) is 1. The number of anilines is 1. The number of halogens is 1. The van der Waals surface area contributed by atoms with E-state index in [0.717, 1.165) is 16.5 Å². The molecule has 2 aromatic heterocycles. The highest BCUT2D eigenvalue weighted by molar-refractivity contribution is 6.57. The molecule has 1 aliphatic rings. The quantitative estimate of drug-likeness (QED) is 0.643. The Morgan fingerprint density at radius 3 is 2.77 bits per heavy atom. The summed E-state index contributed by atoms with van der Waals surface area (Å²) in [6, 6.07) is 5.63. The van der Waals surface area contributed by atoms with Gasteiger partial charge in [-0.05, 0) is 18.2 Å². The van der Waals surface area contributed by atoms with Crippen molar-refractivity contribution in [1.29, 1.82) is 0 Å². The molecule has 0 radical (unpaired) electrons. The summed E-state index contributed by atoms with van der Waals surface area (Å²) in [4.78, 5) is 28.2. The van der Waals surface area contributed by atoms with Crippen LogP contribution < -0.4 is 5.32 Å². The molecule has 0 aromatic carbocycles. The van der Waals surface area contributed by atoms with Crippen LogP contribution in [0.3, 0.4) is 0 Å². The number of allylic oxidation sites excluding steroid dienone is 2. The molecule has 3 rings (SSSR count). The van der Waals surface area contributed by atoms with Crippen molar-refractivity contribution in [3.8, 4) is 0 Å². The van der Waals surface area contributed by atoms with E-state index in [4.69, 9.17) is 11.6 Å². The molecular formula is C18H21ClN5O2+. The van der Waals surface area contributed by atoms with E-state index in [1.807, 2.05) is 24.4 Å². The Morgan fingerprint density at radius 2 is 2.04 bits per heavy atom. The first-order valence-corrected chi connectivity index (χ1v) is 8.66. The summed E-state index contributed by atoms with van der Waals surface area (Å²) >= 11 is 5.90. The maximum absolute atomic E-state index is 12.2. The van der Waals surface area contributed by atoms with Crippen molar-refractivity contribution in [2.75, 3.05) is 39.5 Å². The third-order valence-corrected chi connectivity index (χ3v) is 4.28. The highest BCUT2D eigenvalue weighted by Crippen LogP contribution is 2.30. The zero-order valence-corrected chi connectivity index (χ0v) is 15.7. The van der Waals surface area contributed by atoms with Crippen molar-refractivity contribution < 1.29 is 14.1 Å². The average Bonchev–Trinajstić information content (AvgIpc) is 2.89. The maximum Gasteiger partial charge on any atom is 0.189 e. The van der Waals surface area contributed by atoms with Gasteiger partial charge in [-0.15, -0.1) is 5.10 Å². The number of likely N-dealkylation sites (N-methyl/N-ethyl adjacent to an activating group) is 1. The average molecular weight is 375 g/mol. The van der Waals surface area contributed by atoms with Crippen molar-refractivity contribution in [3.05, 3.63) is 35.5 Å². The van der Waals surface area contributed by atoms with Crippen molar-refractivity contribution in [3.63, 3.8) is 0 Å². The van der Waals surface area contributed by atoms with Crippen LogP contribution in [0.2, 0.25) is 0 Å². The van der Waals surface area contributed by atoms with Crippen LogP contribution in [0.4, 0.5) is 11.5 Å². The second-order valence-electron chi connectivity index (χ2n) is 7.18. The van der Waals surface area contributed by atoms with Gasteiger partial charge in [-0.2, -0.15) is 0 Å². The minimum atomic E-state index is -0.378. The van der Waals surface area contributed by atoms with Crippen LogP contribution in [-0.4, -0.2) is 65.6 Å². The number of carbonyl (C=O) groups is 2. The lowest BCUT2D eigenvalue weighted by atomic mass is 10.0. The van der Waals surface area contributed by atoms with Gasteiger partial charge in [0.2, 0.25) is 0 Å². The van der Waals surface area contributed by atoms with Crippen molar-refractivity contribution in [1.82, 2.24) is 9.61 Å². The van der Waals surface area contributed by atoms with Gasteiger partial charge in [-0.25, -0.2) is 9.51 Å². The molecule has 26 heavy (non-hydrogen) atoms. The molecule has 7 nitrogen and oxygen atoms in total. The van der Waals surface area contributed by atoms with Gasteiger partial charge in [-0.1, -0.05) is 17.7 Å². The van der Waals surface area contributed by atoms with Crippen LogP contribution in [0.1, 0.15) is 6.42 Å². The molecule has 0 bridgehead atoms. The SMILES string of the molecule is C[N+](C)(C)CCNc1nn2ccccc2c1N=C1C=C(Cl)C(=O)CC1=O. The number of ketones is 2. The van der Waals surface area contributed by atoms with Crippen molar-refractivity contribution in [2.45, 2.75) is 6.42 Å². The molecular weight excluding hydrogens is 354 g/mol. The summed E-state index contributed by atoms with van der Waals surface area (Å²) in [5, 5.41) is 7.84. The fourth-order valence-corrected chi connectivity index (χ4v) is 2.71. The number of quaternary nitrogens is 1. The number of Topliss-reactive ketones (excluding diaryl/α,β-unsaturated/α-hetero) is 2. The molecule has 1 aliphatic carbocycles. The number of aromatic nitrogens is 2. The van der Waals surface area contributed by atoms with E-state index >= 15 is 0 Å². The second-order valence-corrected chi connectivity index (χ2v) is 7.59. The van der Waals surface area contributed by atoms with Gasteiger partial charge in [0.25, 0.3) is 0 Å². The lowest BCUT2D eigenvalue weighted by Gasteiger charge is -2.23. The van der Waals surface area contributed by atoms with Crippen LogP contribution in [0.5, 0.6) is 0 Å². The molecule has 0 atom stereocenters. The predicted molar refractivity (Wildman–Crippen MR) is 102 cm³/mol. The molecule has 0 unspecified atom stereocenters. The van der Waals surface area contributed by atoms with Crippen molar-refractivity contribution in [2.24, 2.45) is 4.99 Å². The fraction of sp³-hybridized carbons (Fsp3) is 0.333. The summed E-state index contributed by atoms with van der Waals surface area (Å²) in [6.07, 6.45) is 2.90. The van der Waals surface area contributed by atoms with Crippen LogP contribution in [0.25, 0.3) is 5.52 Å². The van der Waals surface area contributed by atoms with E-state index in [0.29, 0.717) is 18.1 Å². The Morgan fingerprint density at radius 1 is 1.27 bits per heavy atom. The minimum absolute atomic E-state index is 0.0272. The van der Waals surface area contributed by atoms with Gasteiger partial charge in [0.15, 0.2) is 17.4 Å². The number of pyridine rings is 1. The summed E-state index contributed by atoms with van der Waals surface area (Å²) in [5.74, 6) is -0.130.